The number of rotatable bonds is 6. The van der Waals surface area contributed by atoms with Crippen LogP contribution < -0.4 is 5.32 Å². The van der Waals surface area contributed by atoms with Crippen LogP contribution in [0.2, 0.25) is 0 Å². The van der Waals surface area contributed by atoms with Crippen LogP contribution in [0.25, 0.3) is 0 Å². The molecule has 2 rings (SSSR count). The highest BCUT2D eigenvalue weighted by atomic mass is 15.3. The van der Waals surface area contributed by atoms with Gasteiger partial charge in [0.2, 0.25) is 0 Å². The smallest absolute Gasteiger partial charge is 0.0659 e. The number of hydrogen-bond acceptors (Lipinski definition) is 2. The summed E-state index contributed by atoms with van der Waals surface area (Å²) in [6, 6.07) is 9.23. The zero-order chi connectivity index (χ0) is 14.5. The summed E-state index contributed by atoms with van der Waals surface area (Å²) in [6.07, 6.45) is 5.18. The van der Waals surface area contributed by atoms with Gasteiger partial charge in [-0.25, -0.2) is 0 Å². The fraction of sp³-hybridized carbons (Fsp3) is 0.471. The predicted molar refractivity (Wildman–Crippen MR) is 84.0 cm³/mol. The Morgan fingerprint density at radius 2 is 1.85 bits per heavy atom. The van der Waals surface area contributed by atoms with E-state index in [0.717, 1.165) is 13.0 Å². The first-order valence-electron chi connectivity index (χ1n) is 7.42. The summed E-state index contributed by atoms with van der Waals surface area (Å²) in [7, 11) is 2.00. The van der Waals surface area contributed by atoms with Crippen LogP contribution in [0.1, 0.15) is 55.8 Å². The van der Waals surface area contributed by atoms with Gasteiger partial charge in [0.1, 0.15) is 0 Å². The maximum absolute atomic E-state index is 4.46. The Morgan fingerprint density at radius 3 is 2.40 bits per heavy atom. The van der Waals surface area contributed by atoms with E-state index in [1.165, 1.54) is 16.7 Å². The summed E-state index contributed by atoms with van der Waals surface area (Å²) >= 11 is 0. The van der Waals surface area contributed by atoms with Crippen molar-refractivity contribution < 1.29 is 0 Å². The molecular formula is C17H25N3. The molecule has 1 unspecified atom stereocenters. The zero-order valence-electron chi connectivity index (χ0n) is 12.9. The van der Waals surface area contributed by atoms with Gasteiger partial charge in [-0.2, -0.15) is 5.10 Å². The number of nitrogens with zero attached hydrogens (tertiary/aromatic N) is 2. The molecule has 2 aromatic rings. The average Bonchev–Trinajstić information content (AvgIpc) is 2.89. The highest BCUT2D eigenvalue weighted by Crippen LogP contribution is 2.17. The lowest BCUT2D eigenvalue weighted by atomic mass is 10.0. The van der Waals surface area contributed by atoms with Crippen LogP contribution in [0.4, 0.5) is 0 Å². The normalized spacial score (nSPS) is 12.8. The molecule has 0 aliphatic heterocycles. The van der Waals surface area contributed by atoms with Crippen LogP contribution in [0.5, 0.6) is 0 Å². The van der Waals surface area contributed by atoms with E-state index >= 15 is 0 Å². The van der Waals surface area contributed by atoms with Crippen molar-refractivity contribution in [1.29, 1.82) is 0 Å². The number of hydrogen-bond donors (Lipinski definition) is 1. The van der Waals surface area contributed by atoms with Gasteiger partial charge in [0.05, 0.1) is 12.7 Å². The van der Waals surface area contributed by atoms with Gasteiger partial charge in [0.15, 0.2) is 0 Å². The first-order valence-corrected chi connectivity index (χ1v) is 7.42. The molecule has 1 heterocycles. The Bertz CT molecular complexity index is 521. The third-order valence-corrected chi connectivity index (χ3v) is 3.80. The van der Waals surface area contributed by atoms with Gasteiger partial charge >= 0.3 is 0 Å². The highest BCUT2D eigenvalue weighted by Gasteiger charge is 2.09. The number of nitrogens with one attached hydrogen (secondary N) is 1. The first kappa shape index (κ1) is 14.8. The molecule has 0 bridgehead atoms. The standard InChI is InChI=1S/C17H25N3/c1-5-17(18-4)16-10-19-20(12-16)11-14-6-8-15(9-7-14)13(2)3/h6-10,12-13,17-18H,5,11H2,1-4H3. The van der Waals surface area contributed by atoms with Crippen molar-refractivity contribution >= 4 is 0 Å². The Kier molecular flexibility index (Phi) is 4.96. The van der Waals surface area contributed by atoms with Crippen LogP contribution in [0.15, 0.2) is 36.7 Å². The fourth-order valence-corrected chi connectivity index (χ4v) is 2.45. The summed E-state index contributed by atoms with van der Waals surface area (Å²) < 4.78 is 2.01. The molecule has 108 valence electrons. The first-order chi connectivity index (χ1) is 9.63. The molecular weight excluding hydrogens is 246 g/mol. The number of aromatic nitrogens is 2. The quantitative estimate of drug-likeness (QED) is 0.867. The summed E-state index contributed by atoms with van der Waals surface area (Å²) in [5, 5.41) is 7.77. The highest BCUT2D eigenvalue weighted by molar-refractivity contribution is 5.25. The van der Waals surface area contributed by atoms with Crippen molar-refractivity contribution in [3.63, 3.8) is 0 Å². The van der Waals surface area contributed by atoms with Gasteiger partial charge in [-0.05, 0) is 30.5 Å². The molecule has 0 spiro atoms. The summed E-state index contributed by atoms with van der Waals surface area (Å²) in [6.45, 7) is 7.45. The van der Waals surface area contributed by atoms with Crippen LogP contribution >= 0.6 is 0 Å². The molecule has 0 saturated heterocycles. The van der Waals surface area contributed by atoms with Crippen molar-refractivity contribution in [2.45, 2.75) is 45.7 Å². The van der Waals surface area contributed by atoms with E-state index in [1.54, 1.807) is 0 Å². The summed E-state index contributed by atoms with van der Waals surface area (Å²) in [4.78, 5) is 0. The van der Waals surface area contributed by atoms with E-state index in [0.29, 0.717) is 12.0 Å². The molecule has 0 aliphatic carbocycles. The SMILES string of the molecule is CCC(NC)c1cnn(Cc2ccc(C(C)C)cc2)c1. The third-order valence-electron chi connectivity index (χ3n) is 3.80. The monoisotopic (exact) mass is 271 g/mol. The Morgan fingerprint density at radius 1 is 1.15 bits per heavy atom. The fourth-order valence-electron chi connectivity index (χ4n) is 2.45. The third kappa shape index (κ3) is 3.48. The lowest BCUT2D eigenvalue weighted by Crippen LogP contribution is -2.14. The predicted octanol–water partition coefficient (Wildman–Crippen LogP) is 3.73. The van der Waals surface area contributed by atoms with Crippen molar-refractivity contribution in [1.82, 2.24) is 15.1 Å². The molecule has 0 aliphatic rings. The molecule has 3 heteroatoms. The second-order valence-corrected chi connectivity index (χ2v) is 5.62. The van der Waals surface area contributed by atoms with Gasteiger partial charge in [-0.15, -0.1) is 0 Å². The second kappa shape index (κ2) is 6.71. The van der Waals surface area contributed by atoms with Crippen molar-refractivity contribution in [3.05, 3.63) is 53.3 Å². The van der Waals surface area contributed by atoms with Gasteiger partial charge < -0.3 is 5.32 Å². The van der Waals surface area contributed by atoms with Crippen LogP contribution in [0.3, 0.4) is 0 Å². The Hall–Kier alpha value is -1.61. The maximum Gasteiger partial charge on any atom is 0.0659 e. The lowest BCUT2D eigenvalue weighted by Gasteiger charge is -2.10. The van der Waals surface area contributed by atoms with E-state index in [2.05, 4.69) is 61.6 Å². The molecule has 1 aromatic heterocycles. The molecule has 1 aromatic carbocycles. The topological polar surface area (TPSA) is 29.9 Å². The van der Waals surface area contributed by atoms with E-state index in [-0.39, 0.29) is 0 Å². The van der Waals surface area contributed by atoms with Gasteiger partial charge in [-0.3, -0.25) is 4.68 Å². The van der Waals surface area contributed by atoms with Gasteiger partial charge in [-0.1, -0.05) is 45.0 Å². The van der Waals surface area contributed by atoms with Crippen LogP contribution in [0, 0.1) is 0 Å². The Labute approximate surface area is 122 Å². The average molecular weight is 271 g/mol. The molecule has 0 radical (unpaired) electrons. The van der Waals surface area contributed by atoms with Gasteiger partial charge in [0.25, 0.3) is 0 Å². The van der Waals surface area contributed by atoms with E-state index in [9.17, 15) is 0 Å². The molecule has 1 atom stereocenters. The van der Waals surface area contributed by atoms with E-state index in [1.807, 2.05) is 17.9 Å². The van der Waals surface area contributed by atoms with Crippen LogP contribution in [-0.4, -0.2) is 16.8 Å². The minimum atomic E-state index is 0.395. The summed E-state index contributed by atoms with van der Waals surface area (Å²) in [5.74, 6) is 0.585. The van der Waals surface area contributed by atoms with Gasteiger partial charge in [0, 0.05) is 17.8 Å². The summed E-state index contributed by atoms with van der Waals surface area (Å²) in [5.41, 5.74) is 3.94. The second-order valence-electron chi connectivity index (χ2n) is 5.62. The minimum absolute atomic E-state index is 0.395. The van der Waals surface area contributed by atoms with Crippen molar-refractivity contribution in [3.8, 4) is 0 Å². The lowest BCUT2D eigenvalue weighted by molar-refractivity contribution is 0.575. The molecule has 3 nitrogen and oxygen atoms in total. The molecule has 0 saturated carbocycles. The molecule has 20 heavy (non-hydrogen) atoms. The molecule has 0 amide bonds. The van der Waals surface area contributed by atoms with Crippen molar-refractivity contribution in [2.24, 2.45) is 0 Å². The van der Waals surface area contributed by atoms with Crippen molar-refractivity contribution in [2.75, 3.05) is 7.05 Å². The van der Waals surface area contributed by atoms with E-state index in [4.69, 9.17) is 0 Å². The largest absolute Gasteiger partial charge is 0.313 e. The van der Waals surface area contributed by atoms with E-state index < -0.39 is 0 Å². The number of benzene rings is 1. The molecule has 0 fully saturated rings. The minimum Gasteiger partial charge on any atom is -0.313 e. The molecule has 1 N–H and O–H groups in total. The Balaban J connectivity index is 2.06. The van der Waals surface area contributed by atoms with Crippen LogP contribution in [-0.2, 0) is 6.54 Å². The zero-order valence-corrected chi connectivity index (χ0v) is 12.9. The maximum atomic E-state index is 4.46.